The molecule has 20 heavy (non-hydrogen) atoms. The number of aromatic amines is 1. The topological polar surface area (TPSA) is 52.2 Å². The molecule has 0 saturated carbocycles. The van der Waals surface area contributed by atoms with Crippen molar-refractivity contribution in [2.75, 3.05) is 13.1 Å². The summed E-state index contributed by atoms with van der Waals surface area (Å²) in [5.74, 6) is 0.891. The number of guanidine groups is 1. The lowest BCUT2D eigenvalue weighted by Crippen LogP contribution is -2.41. The van der Waals surface area contributed by atoms with Gasteiger partial charge in [0.25, 0.3) is 0 Å². The minimum Gasteiger partial charge on any atom is -0.361 e. The lowest BCUT2D eigenvalue weighted by molar-refractivity contribution is 0.700. The van der Waals surface area contributed by atoms with E-state index in [9.17, 15) is 0 Å². The fraction of sp³-hybridized carbons (Fsp3) is 0.438. The molecule has 0 aliphatic carbocycles. The van der Waals surface area contributed by atoms with Crippen LogP contribution in [0.5, 0.6) is 0 Å². The third-order valence-corrected chi connectivity index (χ3v) is 3.10. The van der Waals surface area contributed by atoms with Crippen molar-refractivity contribution in [3.05, 3.63) is 36.0 Å². The van der Waals surface area contributed by atoms with Gasteiger partial charge in [-0.2, -0.15) is 0 Å². The number of aliphatic imine (C=N–C) groups is 1. The minimum absolute atomic E-state index is 0.390. The van der Waals surface area contributed by atoms with Gasteiger partial charge in [-0.15, -0.1) is 0 Å². The molecule has 2 rings (SSSR count). The molecule has 0 aliphatic heterocycles. The molecule has 0 saturated heterocycles. The monoisotopic (exact) mass is 272 g/mol. The van der Waals surface area contributed by atoms with Crippen LogP contribution >= 0.6 is 0 Å². The molecule has 0 spiro atoms. The van der Waals surface area contributed by atoms with Crippen LogP contribution in [0.2, 0.25) is 0 Å². The molecule has 0 fully saturated rings. The number of aromatic nitrogens is 1. The van der Waals surface area contributed by atoms with Gasteiger partial charge >= 0.3 is 0 Å². The quantitative estimate of drug-likeness (QED) is 0.579. The van der Waals surface area contributed by atoms with Gasteiger partial charge in [0, 0.05) is 36.2 Å². The normalized spacial score (nSPS) is 12.1. The zero-order valence-corrected chi connectivity index (χ0v) is 12.5. The highest BCUT2D eigenvalue weighted by molar-refractivity contribution is 5.83. The second-order valence-electron chi connectivity index (χ2n) is 5.17. The zero-order chi connectivity index (χ0) is 14.4. The Labute approximate surface area is 120 Å². The molecule has 0 bridgehead atoms. The van der Waals surface area contributed by atoms with Crippen molar-refractivity contribution in [1.82, 2.24) is 15.6 Å². The summed E-state index contributed by atoms with van der Waals surface area (Å²) < 4.78 is 0. The summed E-state index contributed by atoms with van der Waals surface area (Å²) in [6, 6.07) is 8.78. The summed E-state index contributed by atoms with van der Waals surface area (Å²) in [6.07, 6.45) is 3.03. The Kier molecular flexibility index (Phi) is 5.04. The Morgan fingerprint density at radius 3 is 2.85 bits per heavy atom. The largest absolute Gasteiger partial charge is 0.361 e. The van der Waals surface area contributed by atoms with Crippen LogP contribution in [0.4, 0.5) is 0 Å². The molecule has 1 aromatic heterocycles. The molecular formula is C16H24N4. The molecule has 3 N–H and O–H groups in total. The van der Waals surface area contributed by atoms with Gasteiger partial charge in [-0.3, -0.25) is 4.99 Å². The fourth-order valence-corrected chi connectivity index (χ4v) is 2.22. The van der Waals surface area contributed by atoms with E-state index in [1.807, 2.05) is 0 Å². The third-order valence-electron chi connectivity index (χ3n) is 3.10. The first-order valence-corrected chi connectivity index (χ1v) is 7.30. The van der Waals surface area contributed by atoms with Crippen molar-refractivity contribution >= 4 is 16.9 Å². The molecule has 1 aromatic carbocycles. The number of H-pyrrole nitrogens is 1. The van der Waals surface area contributed by atoms with Crippen molar-refractivity contribution in [1.29, 1.82) is 0 Å². The maximum absolute atomic E-state index is 4.62. The average Bonchev–Trinajstić information content (AvgIpc) is 2.82. The first-order valence-electron chi connectivity index (χ1n) is 7.30. The molecule has 4 heteroatoms. The maximum atomic E-state index is 4.62. The molecule has 1 heterocycles. The molecule has 108 valence electrons. The number of para-hydroxylation sites is 1. The number of hydrogen-bond donors (Lipinski definition) is 3. The predicted octanol–water partition coefficient (Wildman–Crippen LogP) is 2.67. The summed E-state index contributed by atoms with van der Waals surface area (Å²) in [7, 11) is 0. The second kappa shape index (κ2) is 6.98. The van der Waals surface area contributed by atoms with Gasteiger partial charge in [0.05, 0.1) is 0 Å². The number of nitrogens with zero attached hydrogens (tertiary/aromatic N) is 1. The highest BCUT2D eigenvalue weighted by Gasteiger charge is 2.03. The van der Waals surface area contributed by atoms with Crippen LogP contribution in [0.1, 0.15) is 26.3 Å². The van der Waals surface area contributed by atoms with Gasteiger partial charge in [-0.1, -0.05) is 18.2 Å². The SMILES string of the molecule is CCNC(=NCCc1c[nH]c2ccccc12)NC(C)C. The van der Waals surface area contributed by atoms with Crippen LogP contribution in [-0.4, -0.2) is 30.1 Å². The lowest BCUT2D eigenvalue weighted by atomic mass is 10.1. The predicted molar refractivity (Wildman–Crippen MR) is 86.3 cm³/mol. The maximum Gasteiger partial charge on any atom is 0.191 e. The average molecular weight is 272 g/mol. The van der Waals surface area contributed by atoms with E-state index in [4.69, 9.17) is 0 Å². The van der Waals surface area contributed by atoms with E-state index >= 15 is 0 Å². The molecular weight excluding hydrogens is 248 g/mol. The molecule has 0 atom stereocenters. The van der Waals surface area contributed by atoms with E-state index in [0.717, 1.165) is 25.5 Å². The van der Waals surface area contributed by atoms with Crippen molar-refractivity contribution < 1.29 is 0 Å². The van der Waals surface area contributed by atoms with Gasteiger partial charge in [0.15, 0.2) is 5.96 Å². The Hall–Kier alpha value is -1.97. The van der Waals surface area contributed by atoms with E-state index in [-0.39, 0.29) is 0 Å². The first-order chi connectivity index (χ1) is 9.70. The van der Waals surface area contributed by atoms with Gasteiger partial charge in [-0.25, -0.2) is 0 Å². The standard InChI is InChI=1S/C16H24N4/c1-4-17-16(20-12(2)3)18-10-9-13-11-19-15-8-6-5-7-14(13)15/h5-8,11-12,19H,4,9-10H2,1-3H3,(H2,17,18,20). The van der Waals surface area contributed by atoms with Crippen LogP contribution < -0.4 is 10.6 Å². The smallest absolute Gasteiger partial charge is 0.191 e. The summed E-state index contributed by atoms with van der Waals surface area (Å²) in [4.78, 5) is 7.92. The van der Waals surface area contributed by atoms with Crippen LogP contribution in [-0.2, 0) is 6.42 Å². The molecule has 0 unspecified atom stereocenters. The minimum atomic E-state index is 0.390. The van der Waals surface area contributed by atoms with E-state index in [2.05, 4.69) is 71.8 Å². The van der Waals surface area contributed by atoms with Crippen molar-refractivity contribution in [2.24, 2.45) is 4.99 Å². The Morgan fingerprint density at radius 2 is 2.10 bits per heavy atom. The molecule has 0 amide bonds. The molecule has 4 nitrogen and oxygen atoms in total. The number of fused-ring (bicyclic) bond motifs is 1. The van der Waals surface area contributed by atoms with Crippen LogP contribution in [0.3, 0.4) is 0 Å². The van der Waals surface area contributed by atoms with Gasteiger partial charge in [-0.05, 0) is 38.8 Å². The number of benzene rings is 1. The van der Waals surface area contributed by atoms with Gasteiger partial charge in [0.2, 0.25) is 0 Å². The number of rotatable bonds is 5. The van der Waals surface area contributed by atoms with Crippen molar-refractivity contribution in [3.63, 3.8) is 0 Å². The first kappa shape index (κ1) is 14.4. The summed E-state index contributed by atoms with van der Waals surface area (Å²) in [6.45, 7) is 7.98. The van der Waals surface area contributed by atoms with Crippen molar-refractivity contribution in [2.45, 2.75) is 33.2 Å². The van der Waals surface area contributed by atoms with E-state index in [1.54, 1.807) is 0 Å². The van der Waals surface area contributed by atoms with E-state index in [1.165, 1.54) is 16.5 Å². The molecule has 0 aliphatic rings. The second-order valence-corrected chi connectivity index (χ2v) is 5.17. The van der Waals surface area contributed by atoms with Crippen LogP contribution in [0, 0.1) is 0 Å². The lowest BCUT2D eigenvalue weighted by Gasteiger charge is -2.13. The van der Waals surface area contributed by atoms with Crippen LogP contribution in [0.25, 0.3) is 10.9 Å². The Bertz CT molecular complexity index is 569. The van der Waals surface area contributed by atoms with Crippen molar-refractivity contribution in [3.8, 4) is 0 Å². The number of hydrogen-bond acceptors (Lipinski definition) is 1. The fourth-order valence-electron chi connectivity index (χ4n) is 2.22. The third kappa shape index (κ3) is 3.76. The summed E-state index contributed by atoms with van der Waals surface area (Å²) in [5.41, 5.74) is 2.52. The highest BCUT2D eigenvalue weighted by Crippen LogP contribution is 2.17. The van der Waals surface area contributed by atoms with Gasteiger partial charge < -0.3 is 15.6 Å². The Balaban J connectivity index is 2.00. The van der Waals surface area contributed by atoms with Gasteiger partial charge in [0.1, 0.15) is 0 Å². The highest BCUT2D eigenvalue weighted by atomic mass is 15.2. The Morgan fingerprint density at radius 1 is 1.30 bits per heavy atom. The molecule has 0 radical (unpaired) electrons. The van der Waals surface area contributed by atoms with Crippen LogP contribution in [0.15, 0.2) is 35.5 Å². The number of nitrogens with one attached hydrogen (secondary N) is 3. The zero-order valence-electron chi connectivity index (χ0n) is 12.5. The molecule has 2 aromatic rings. The van der Waals surface area contributed by atoms with E-state index < -0.39 is 0 Å². The summed E-state index contributed by atoms with van der Waals surface area (Å²) >= 11 is 0. The summed E-state index contributed by atoms with van der Waals surface area (Å²) in [5, 5.41) is 7.89. The van der Waals surface area contributed by atoms with E-state index in [0.29, 0.717) is 6.04 Å².